The first-order chi connectivity index (χ1) is 14.6. The first kappa shape index (κ1) is 20.2. The molecule has 154 valence electrons. The Labute approximate surface area is 179 Å². The second-order valence-corrected chi connectivity index (χ2v) is 8.56. The van der Waals surface area contributed by atoms with E-state index < -0.39 is 5.25 Å². The second-order valence-electron chi connectivity index (χ2n) is 7.26. The van der Waals surface area contributed by atoms with E-state index in [9.17, 15) is 9.59 Å². The van der Waals surface area contributed by atoms with Crippen LogP contribution in [0.4, 0.5) is 0 Å². The minimum Gasteiger partial charge on any atom is -0.301 e. The Bertz CT molecular complexity index is 1020. The number of amides is 2. The molecule has 0 radical (unpaired) electrons. The van der Waals surface area contributed by atoms with Gasteiger partial charge < -0.3 is 4.57 Å². The normalized spacial score (nSPS) is 14.2. The molecule has 0 unspecified atom stereocenters. The highest BCUT2D eigenvalue weighted by atomic mass is 32.2. The molecule has 0 aliphatic heterocycles. The monoisotopic (exact) mass is 421 g/mol. The number of nitrogens with zero attached hydrogens (tertiary/aromatic N) is 3. The smallest absolute Gasteiger partial charge is 0.269 e. The van der Waals surface area contributed by atoms with Crippen molar-refractivity contribution >= 4 is 23.6 Å². The van der Waals surface area contributed by atoms with Crippen LogP contribution in [0.1, 0.15) is 47.4 Å². The van der Waals surface area contributed by atoms with Crippen LogP contribution in [0.5, 0.6) is 0 Å². The summed E-state index contributed by atoms with van der Waals surface area (Å²) in [5.74, 6) is 0.770. The number of nitrogens with one attached hydrogen (secondary N) is 2. The van der Waals surface area contributed by atoms with Crippen molar-refractivity contribution in [2.24, 2.45) is 0 Å². The van der Waals surface area contributed by atoms with Crippen LogP contribution in [0.2, 0.25) is 0 Å². The van der Waals surface area contributed by atoms with Gasteiger partial charge in [-0.2, -0.15) is 0 Å². The van der Waals surface area contributed by atoms with E-state index in [-0.39, 0.29) is 11.8 Å². The predicted octanol–water partition coefficient (Wildman–Crippen LogP) is 3.15. The van der Waals surface area contributed by atoms with Gasteiger partial charge in [-0.05, 0) is 37.5 Å². The van der Waals surface area contributed by atoms with Gasteiger partial charge in [0.25, 0.3) is 11.8 Å². The van der Waals surface area contributed by atoms with Crippen LogP contribution in [0.25, 0.3) is 0 Å². The van der Waals surface area contributed by atoms with Crippen LogP contribution in [-0.4, -0.2) is 31.8 Å². The first-order valence-corrected chi connectivity index (χ1v) is 10.8. The average Bonchev–Trinajstić information content (AvgIpc) is 3.56. The zero-order valence-electron chi connectivity index (χ0n) is 16.6. The van der Waals surface area contributed by atoms with Crippen molar-refractivity contribution in [2.45, 2.75) is 42.6 Å². The Hall–Kier alpha value is -3.13. The van der Waals surface area contributed by atoms with Crippen molar-refractivity contribution in [1.82, 2.24) is 25.6 Å². The van der Waals surface area contributed by atoms with E-state index in [2.05, 4.69) is 37.7 Å². The van der Waals surface area contributed by atoms with Crippen LogP contribution in [0, 0.1) is 0 Å². The molecule has 1 aliphatic carbocycles. The number of hydrogen-bond acceptors (Lipinski definition) is 5. The summed E-state index contributed by atoms with van der Waals surface area (Å²) in [5.41, 5.74) is 6.60. The van der Waals surface area contributed by atoms with E-state index in [4.69, 9.17) is 0 Å². The molecule has 1 aliphatic rings. The standard InChI is InChI=1S/C22H23N5O2S/c1-15(20(28)24-25-21(29)18-10-6-3-7-11-18)30-22-26-23-19(17-12-13-17)27(22)14-16-8-4-2-5-9-16/h2-11,15,17H,12-14H2,1H3,(H,24,28)(H,25,29)/t15-/m0/s1. The molecule has 0 bridgehead atoms. The quantitative estimate of drug-likeness (QED) is 0.452. The lowest BCUT2D eigenvalue weighted by molar-refractivity contribution is -0.121. The minimum atomic E-state index is -0.452. The molecule has 7 nitrogen and oxygen atoms in total. The Kier molecular flexibility index (Phi) is 6.13. The molecular formula is C22H23N5O2S. The van der Waals surface area contributed by atoms with Crippen LogP contribution >= 0.6 is 11.8 Å². The van der Waals surface area contributed by atoms with Crippen LogP contribution < -0.4 is 10.9 Å². The molecule has 8 heteroatoms. The molecule has 3 aromatic rings. The molecule has 1 aromatic heterocycles. The fraction of sp³-hybridized carbons (Fsp3) is 0.273. The molecule has 1 atom stereocenters. The fourth-order valence-corrected chi connectivity index (χ4v) is 3.89. The molecule has 1 saturated carbocycles. The third-order valence-corrected chi connectivity index (χ3v) is 5.94. The highest BCUT2D eigenvalue weighted by molar-refractivity contribution is 8.00. The second kappa shape index (κ2) is 9.13. The van der Waals surface area contributed by atoms with Crippen LogP contribution in [-0.2, 0) is 11.3 Å². The van der Waals surface area contributed by atoms with Crippen LogP contribution in [0.3, 0.4) is 0 Å². The lowest BCUT2D eigenvalue weighted by atomic mass is 10.2. The zero-order valence-corrected chi connectivity index (χ0v) is 17.4. The van der Waals surface area contributed by atoms with E-state index >= 15 is 0 Å². The van der Waals surface area contributed by atoms with Gasteiger partial charge in [-0.1, -0.05) is 60.3 Å². The summed E-state index contributed by atoms with van der Waals surface area (Å²) in [4.78, 5) is 24.6. The van der Waals surface area contributed by atoms with Gasteiger partial charge in [-0.3, -0.25) is 20.4 Å². The van der Waals surface area contributed by atoms with Crippen molar-refractivity contribution in [3.05, 3.63) is 77.6 Å². The molecule has 2 amide bonds. The SMILES string of the molecule is C[C@H](Sc1nnc(C2CC2)n1Cc1ccccc1)C(=O)NNC(=O)c1ccccc1. The highest BCUT2D eigenvalue weighted by Crippen LogP contribution is 2.40. The van der Waals surface area contributed by atoms with Crippen LogP contribution in [0.15, 0.2) is 65.8 Å². The number of carbonyl (C=O) groups excluding carboxylic acids is 2. The number of hydrogen-bond donors (Lipinski definition) is 2. The largest absolute Gasteiger partial charge is 0.301 e. The highest BCUT2D eigenvalue weighted by Gasteiger charge is 2.31. The average molecular weight is 422 g/mol. The summed E-state index contributed by atoms with van der Waals surface area (Å²) >= 11 is 1.34. The van der Waals surface area contributed by atoms with Gasteiger partial charge >= 0.3 is 0 Å². The van der Waals surface area contributed by atoms with E-state index in [0.717, 1.165) is 24.2 Å². The molecule has 0 spiro atoms. The molecule has 2 N–H and O–H groups in total. The maximum atomic E-state index is 12.5. The number of hydrazine groups is 1. The summed E-state index contributed by atoms with van der Waals surface area (Å²) in [6.07, 6.45) is 2.25. The predicted molar refractivity (Wildman–Crippen MR) is 115 cm³/mol. The lowest BCUT2D eigenvalue weighted by Gasteiger charge is -2.14. The Morgan fingerprint density at radius 3 is 2.37 bits per heavy atom. The Balaban J connectivity index is 1.40. The molecule has 4 rings (SSSR count). The number of rotatable bonds is 7. The maximum absolute atomic E-state index is 12.5. The summed E-state index contributed by atoms with van der Waals surface area (Å²) in [7, 11) is 0. The van der Waals surface area contributed by atoms with Crippen molar-refractivity contribution < 1.29 is 9.59 Å². The summed E-state index contributed by atoms with van der Waals surface area (Å²) < 4.78 is 2.10. The van der Waals surface area contributed by atoms with Gasteiger partial charge in [0.1, 0.15) is 5.82 Å². The lowest BCUT2D eigenvalue weighted by Crippen LogP contribution is -2.45. The Morgan fingerprint density at radius 1 is 1.03 bits per heavy atom. The zero-order chi connectivity index (χ0) is 20.9. The van der Waals surface area contributed by atoms with Gasteiger partial charge in [-0.15, -0.1) is 10.2 Å². The van der Waals surface area contributed by atoms with Gasteiger partial charge in [0.2, 0.25) is 0 Å². The van der Waals surface area contributed by atoms with Crippen molar-refractivity contribution in [1.29, 1.82) is 0 Å². The third kappa shape index (κ3) is 4.88. The van der Waals surface area contributed by atoms with E-state index in [1.54, 1.807) is 31.2 Å². The molecular weight excluding hydrogens is 398 g/mol. The molecule has 1 heterocycles. The van der Waals surface area contributed by atoms with Gasteiger partial charge in [0.05, 0.1) is 11.8 Å². The molecule has 30 heavy (non-hydrogen) atoms. The van der Waals surface area contributed by atoms with Crippen molar-refractivity contribution in [3.8, 4) is 0 Å². The summed E-state index contributed by atoms with van der Waals surface area (Å²) in [6, 6.07) is 18.9. The van der Waals surface area contributed by atoms with E-state index in [1.807, 2.05) is 24.3 Å². The van der Waals surface area contributed by atoms with Gasteiger partial charge in [0, 0.05) is 11.5 Å². The minimum absolute atomic E-state index is 0.300. The van der Waals surface area contributed by atoms with E-state index in [0.29, 0.717) is 23.2 Å². The summed E-state index contributed by atoms with van der Waals surface area (Å²) in [6.45, 7) is 2.45. The third-order valence-electron chi connectivity index (χ3n) is 4.86. The topological polar surface area (TPSA) is 88.9 Å². The summed E-state index contributed by atoms with van der Waals surface area (Å²) in [5, 5.41) is 8.99. The van der Waals surface area contributed by atoms with Crippen molar-refractivity contribution in [3.63, 3.8) is 0 Å². The number of carbonyl (C=O) groups is 2. The van der Waals surface area contributed by atoms with Gasteiger partial charge in [-0.25, -0.2) is 0 Å². The van der Waals surface area contributed by atoms with E-state index in [1.165, 1.54) is 11.8 Å². The Morgan fingerprint density at radius 2 is 1.70 bits per heavy atom. The molecule has 0 saturated heterocycles. The fourth-order valence-electron chi connectivity index (χ4n) is 3.04. The molecule has 1 fully saturated rings. The number of benzene rings is 2. The maximum Gasteiger partial charge on any atom is 0.269 e. The first-order valence-electron chi connectivity index (χ1n) is 9.90. The molecule has 2 aromatic carbocycles. The van der Waals surface area contributed by atoms with Gasteiger partial charge in [0.15, 0.2) is 5.16 Å². The number of thioether (sulfide) groups is 1. The van der Waals surface area contributed by atoms with Crippen molar-refractivity contribution in [2.75, 3.05) is 0 Å². The number of aromatic nitrogens is 3.